The van der Waals surface area contributed by atoms with Crippen molar-refractivity contribution in [3.8, 4) is 0 Å². The summed E-state index contributed by atoms with van der Waals surface area (Å²) in [6.45, 7) is 5.90. The van der Waals surface area contributed by atoms with Crippen LogP contribution in [0, 0.1) is 11.8 Å². The van der Waals surface area contributed by atoms with Crippen molar-refractivity contribution in [3.05, 3.63) is 11.9 Å². The fraction of sp³-hybridized carbons (Fsp3) is 0.600. The van der Waals surface area contributed by atoms with Gasteiger partial charge in [-0.2, -0.15) is 0 Å². The molecule has 2 rings (SSSR count). The third kappa shape index (κ3) is 1.69. The SMILES string of the molecule is CC(C)C1CNc2ncc(C(=O)O)n2C1. The second-order valence-electron chi connectivity index (χ2n) is 4.27. The van der Waals surface area contributed by atoms with E-state index < -0.39 is 5.97 Å². The Morgan fingerprint density at radius 3 is 3.07 bits per heavy atom. The van der Waals surface area contributed by atoms with E-state index in [1.54, 1.807) is 4.57 Å². The number of rotatable bonds is 2. The molecular weight excluding hydrogens is 194 g/mol. The number of nitrogens with one attached hydrogen (secondary N) is 1. The lowest BCUT2D eigenvalue weighted by atomic mass is 9.94. The van der Waals surface area contributed by atoms with Crippen molar-refractivity contribution in [2.45, 2.75) is 20.4 Å². The fourth-order valence-electron chi connectivity index (χ4n) is 1.84. The summed E-state index contributed by atoms with van der Waals surface area (Å²) in [5.41, 5.74) is 0.267. The first kappa shape index (κ1) is 10.0. The molecule has 1 atom stereocenters. The van der Waals surface area contributed by atoms with Crippen molar-refractivity contribution in [1.82, 2.24) is 9.55 Å². The largest absolute Gasteiger partial charge is 0.477 e. The van der Waals surface area contributed by atoms with Crippen LogP contribution in [0.4, 0.5) is 5.95 Å². The first-order valence-corrected chi connectivity index (χ1v) is 5.12. The molecule has 15 heavy (non-hydrogen) atoms. The van der Waals surface area contributed by atoms with Crippen LogP contribution in [0.5, 0.6) is 0 Å². The van der Waals surface area contributed by atoms with E-state index in [0.717, 1.165) is 13.1 Å². The molecule has 5 heteroatoms. The van der Waals surface area contributed by atoms with E-state index >= 15 is 0 Å². The number of fused-ring (bicyclic) bond motifs is 1. The summed E-state index contributed by atoms with van der Waals surface area (Å²) < 4.78 is 1.75. The fourth-order valence-corrected chi connectivity index (χ4v) is 1.84. The van der Waals surface area contributed by atoms with Crippen LogP contribution in [0.1, 0.15) is 24.3 Å². The van der Waals surface area contributed by atoms with Crippen molar-refractivity contribution >= 4 is 11.9 Å². The van der Waals surface area contributed by atoms with Crippen LogP contribution >= 0.6 is 0 Å². The smallest absolute Gasteiger partial charge is 0.354 e. The molecule has 0 aliphatic carbocycles. The Morgan fingerprint density at radius 2 is 2.47 bits per heavy atom. The standard InChI is InChI=1S/C10H15N3O2/c1-6(2)7-3-11-10-12-4-8(9(14)15)13(10)5-7/h4,6-7H,3,5H2,1-2H3,(H,11,12)(H,14,15). The third-order valence-electron chi connectivity index (χ3n) is 2.96. The van der Waals surface area contributed by atoms with Gasteiger partial charge in [0.1, 0.15) is 5.69 Å². The van der Waals surface area contributed by atoms with E-state index in [2.05, 4.69) is 24.1 Å². The van der Waals surface area contributed by atoms with Gasteiger partial charge in [0, 0.05) is 13.1 Å². The minimum Gasteiger partial charge on any atom is -0.477 e. The third-order valence-corrected chi connectivity index (χ3v) is 2.96. The summed E-state index contributed by atoms with van der Waals surface area (Å²) in [7, 11) is 0. The molecule has 82 valence electrons. The highest BCUT2D eigenvalue weighted by Gasteiger charge is 2.25. The number of aromatic nitrogens is 2. The molecule has 5 nitrogen and oxygen atoms in total. The van der Waals surface area contributed by atoms with Crippen LogP contribution in [-0.4, -0.2) is 27.2 Å². The number of hydrogen-bond donors (Lipinski definition) is 2. The van der Waals surface area contributed by atoms with Gasteiger partial charge in [0.15, 0.2) is 0 Å². The lowest BCUT2D eigenvalue weighted by molar-refractivity contribution is 0.0683. The summed E-state index contributed by atoms with van der Waals surface area (Å²) in [6.07, 6.45) is 1.41. The molecule has 2 N–H and O–H groups in total. The van der Waals surface area contributed by atoms with Crippen LogP contribution in [-0.2, 0) is 6.54 Å². The Balaban J connectivity index is 2.30. The number of carbonyl (C=O) groups is 1. The quantitative estimate of drug-likeness (QED) is 0.770. The molecule has 1 aliphatic rings. The van der Waals surface area contributed by atoms with Crippen molar-refractivity contribution in [2.75, 3.05) is 11.9 Å². The zero-order valence-corrected chi connectivity index (χ0v) is 8.90. The monoisotopic (exact) mass is 209 g/mol. The van der Waals surface area contributed by atoms with E-state index in [1.807, 2.05) is 0 Å². The van der Waals surface area contributed by atoms with Crippen LogP contribution in [0.25, 0.3) is 0 Å². The topological polar surface area (TPSA) is 67.2 Å². The molecular formula is C10H15N3O2. The van der Waals surface area contributed by atoms with Crippen molar-refractivity contribution in [1.29, 1.82) is 0 Å². The highest BCUT2D eigenvalue weighted by atomic mass is 16.4. The molecule has 0 bridgehead atoms. The summed E-state index contributed by atoms with van der Waals surface area (Å²) in [5.74, 6) is 0.753. The number of hydrogen-bond acceptors (Lipinski definition) is 3. The average Bonchev–Trinajstić information content (AvgIpc) is 2.59. The molecule has 0 amide bonds. The summed E-state index contributed by atoms with van der Waals surface area (Å²) >= 11 is 0. The van der Waals surface area contributed by atoms with Gasteiger partial charge in [-0.3, -0.25) is 0 Å². The molecule has 0 saturated heterocycles. The normalized spacial score (nSPS) is 19.8. The average molecular weight is 209 g/mol. The summed E-state index contributed by atoms with van der Waals surface area (Å²) in [6, 6.07) is 0. The number of nitrogens with zero attached hydrogens (tertiary/aromatic N) is 2. The maximum atomic E-state index is 10.9. The van der Waals surface area contributed by atoms with Gasteiger partial charge >= 0.3 is 5.97 Å². The van der Waals surface area contributed by atoms with Gasteiger partial charge in [0.25, 0.3) is 0 Å². The van der Waals surface area contributed by atoms with Gasteiger partial charge in [-0.1, -0.05) is 13.8 Å². The first-order valence-electron chi connectivity index (χ1n) is 5.12. The second-order valence-corrected chi connectivity index (χ2v) is 4.27. The second kappa shape index (κ2) is 3.56. The van der Waals surface area contributed by atoms with E-state index in [0.29, 0.717) is 17.8 Å². The Labute approximate surface area is 88.1 Å². The summed E-state index contributed by atoms with van der Waals surface area (Å²) in [4.78, 5) is 15.0. The number of anilines is 1. The van der Waals surface area contributed by atoms with Crippen LogP contribution in [0.2, 0.25) is 0 Å². The van der Waals surface area contributed by atoms with Gasteiger partial charge in [-0.05, 0) is 11.8 Å². The van der Waals surface area contributed by atoms with Gasteiger partial charge < -0.3 is 15.0 Å². The Hall–Kier alpha value is -1.52. The van der Waals surface area contributed by atoms with E-state index in [4.69, 9.17) is 5.11 Å². The van der Waals surface area contributed by atoms with Gasteiger partial charge in [-0.25, -0.2) is 9.78 Å². The molecule has 2 heterocycles. The molecule has 1 unspecified atom stereocenters. The minimum atomic E-state index is -0.917. The molecule has 0 radical (unpaired) electrons. The van der Waals surface area contributed by atoms with Crippen LogP contribution in [0.15, 0.2) is 6.20 Å². The molecule has 0 fully saturated rings. The Morgan fingerprint density at radius 1 is 1.73 bits per heavy atom. The van der Waals surface area contributed by atoms with Crippen molar-refractivity contribution < 1.29 is 9.90 Å². The molecule has 1 aromatic heterocycles. The van der Waals surface area contributed by atoms with Crippen LogP contribution in [0.3, 0.4) is 0 Å². The predicted octanol–water partition coefficient (Wildman–Crippen LogP) is 1.28. The van der Waals surface area contributed by atoms with Crippen LogP contribution < -0.4 is 5.32 Å². The number of carboxylic acids is 1. The highest BCUT2D eigenvalue weighted by molar-refractivity contribution is 5.86. The Kier molecular flexibility index (Phi) is 2.38. The molecule has 1 aliphatic heterocycles. The number of carboxylic acid groups (broad SMARTS) is 1. The molecule has 0 saturated carbocycles. The predicted molar refractivity (Wildman–Crippen MR) is 56.0 cm³/mol. The molecule has 0 spiro atoms. The first-order chi connectivity index (χ1) is 7.09. The molecule has 0 aromatic carbocycles. The van der Waals surface area contributed by atoms with Gasteiger partial charge in [-0.15, -0.1) is 0 Å². The van der Waals surface area contributed by atoms with E-state index in [1.165, 1.54) is 6.20 Å². The lowest BCUT2D eigenvalue weighted by Crippen LogP contribution is -2.32. The maximum absolute atomic E-state index is 10.9. The van der Waals surface area contributed by atoms with Crippen molar-refractivity contribution in [2.24, 2.45) is 11.8 Å². The maximum Gasteiger partial charge on any atom is 0.354 e. The highest BCUT2D eigenvalue weighted by Crippen LogP contribution is 2.23. The van der Waals surface area contributed by atoms with E-state index in [9.17, 15) is 4.79 Å². The Bertz CT molecular complexity index is 384. The number of imidazole rings is 1. The van der Waals surface area contributed by atoms with Gasteiger partial charge in [0.2, 0.25) is 5.95 Å². The minimum absolute atomic E-state index is 0.267. The zero-order valence-electron chi connectivity index (χ0n) is 8.90. The number of aromatic carboxylic acids is 1. The molecule has 1 aromatic rings. The summed E-state index contributed by atoms with van der Waals surface area (Å²) in [5, 5.41) is 12.1. The van der Waals surface area contributed by atoms with E-state index in [-0.39, 0.29) is 5.69 Å². The van der Waals surface area contributed by atoms with Gasteiger partial charge in [0.05, 0.1) is 6.20 Å². The van der Waals surface area contributed by atoms with Crippen molar-refractivity contribution in [3.63, 3.8) is 0 Å². The lowest BCUT2D eigenvalue weighted by Gasteiger charge is -2.28. The zero-order chi connectivity index (χ0) is 11.0.